The molecule has 0 aliphatic rings. The first-order valence-corrected chi connectivity index (χ1v) is 9.56. The van der Waals surface area contributed by atoms with Gasteiger partial charge in [0.15, 0.2) is 5.78 Å². The van der Waals surface area contributed by atoms with Gasteiger partial charge >= 0.3 is 0 Å². The van der Waals surface area contributed by atoms with Crippen LogP contribution in [-0.4, -0.2) is 32.6 Å². The number of allylic oxidation sites excluding steroid dienone is 1. The number of sulfonamides is 1. The number of nitrogens with zero attached hydrogens (tertiary/aromatic N) is 1. The van der Waals surface area contributed by atoms with Gasteiger partial charge < -0.3 is 0 Å². The summed E-state index contributed by atoms with van der Waals surface area (Å²) in [5, 5.41) is 2.19. The fourth-order valence-corrected chi connectivity index (χ4v) is 3.56. The fraction of sp³-hybridized carbons (Fsp3) is 0.0952. The molecule has 5 heteroatoms. The number of hydrogen-bond donors (Lipinski definition) is 0. The van der Waals surface area contributed by atoms with Crippen LogP contribution < -0.4 is 0 Å². The highest BCUT2D eigenvalue weighted by atomic mass is 32.2. The Morgan fingerprint density at radius 1 is 0.885 bits per heavy atom. The maximum Gasteiger partial charge on any atom is 0.242 e. The van der Waals surface area contributed by atoms with Crippen LogP contribution in [0.3, 0.4) is 0 Å². The van der Waals surface area contributed by atoms with Crippen LogP contribution in [0.4, 0.5) is 0 Å². The van der Waals surface area contributed by atoms with Crippen molar-refractivity contribution in [3.8, 4) is 0 Å². The molecule has 4 nitrogen and oxygen atoms in total. The predicted molar refractivity (Wildman–Crippen MR) is 105 cm³/mol. The van der Waals surface area contributed by atoms with Crippen molar-refractivity contribution in [3.05, 3.63) is 83.9 Å². The summed E-state index contributed by atoms with van der Waals surface area (Å²) in [4.78, 5) is 12.6. The topological polar surface area (TPSA) is 54.5 Å². The lowest BCUT2D eigenvalue weighted by molar-refractivity contribution is 0.104. The molecule has 0 atom stereocenters. The van der Waals surface area contributed by atoms with Crippen LogP contribution in [0.5, 0.6) is 0 Å². The van der Waals surface area contributed by atoms with Gasteiger partial charge in [-0.3, -0.25) is 4.79 Å². The lowest BCUT2D eigenvalue weighted by atomic mass is 10.0. The van der Waals surface area contributed by atoms with Gasteiger partial charge in [0.2, 0.25) is 10.0 Å². The highest BCUT2D eigenvalue weighted by Crippen LogP contribution is 2.20. The summed E-state index contributed by atoms with van der Waals surface area (Å²) in [5.41, 5.74) is 1.41. The molecule has 0 heterocycles. The molecular weight excluding hydrogens is 346 g/mol. The second kappa shape index (κ2) is 7.23. The molecule has 0 fully saturated rings. The molecule has 0 aromatic heterocycles. The molecule has 0 amide bonds. The van der Waals surface area contributed by atoms with Gasteiger partial charge in [-0.15, -0.1) is 0 Å². The summed E-state index contributed by atoms with van der Waals surface area (Å²) in [7, 11) is -0.548. The molecule has 3 rings (SSSR count). The van der Waals surface area contributed by atoms with Crippen molar-refractivity contribution < 1.29 is 13.2 Å². The molecule has 0 bridgehead atoms. The van der Waals surface area contributed by atoms with Crippen LogP contribution in [0.15, 0.2) is 77.7 Å². The predicted octanol–water partition coefficient (Wildman–Crippen LogP) is 3.99. The number of ketones is 1. The van der Waals surface area contributed by atoms with E-state index in [1.807, 2.05) is 42.5 Å². The molecule has 0 spiro atoms. The Labute approximate surface area is 153 Å². The summed E-state index contributed by atoms with van der Waals surface area (Å²) in [6, 6.07) is 19.9. The van der Waals surface area contributed by atoms with Gasteiger partial charge in [0, 0.05) is 19.7 Å². The SMILES string of the molecule is CN(C)S(=O)(=O)c1ccc(C(=O)C=Cc2cccc3ccccc23)cc1. The Hall–Kier alpha value is -2.76. The molecule has 0 aliphatic heterocycles. The van der Waals surface area contributed by atoms with Crippen molar-refractivity contribution in [2.45, 2.75) is 4.90 Å². The van der Waals surface area contributed by atoms with Gasteiger partial charge in [-0.1, -0.05) is 48.5 Å². The molecule has 26 heavy (non-hydrogen) atoms. The van der Waals surface area contributed by atoms with E-state index >= 15 is 0 Å². The molecule has 0 saturated carbocycles. The average Bonchev–Trinajstić information content (AvgIpc) is 2.66. The second-order valence-electron chi connectivity index (χ2n) is 6.08. The average molecular weight is 365 g/mol. The Kier molecular flexibility index (Phi) is 5.02. The van der Waals surface area contributed by atoms with E-state index in [1.165, 1.54) is 44.4 Å². The minimum atomic E-state index is -3.49. The van der Waals surface area contributed by atoms with E-state index in [0.717, 1.165) is 20.6 Å². The Morgan fingerprint density at radius 2 is 1.54 bits per heavy atom. The molecule has 3 aromatic carbocycles. The van der Waals surface area contributed by atoms with Gasteiger partial charge in [-0.25, -0.2) is 12.7 Å². The molecule has 132 valence electrons. The number of benzene rings is 3. The van der Waals surface area contributed by atoms with Crippen LogP contribution >= 0.6 is 0 Å². The summed E-state index contributed by atoms with van der Waals surface area (Å²) in [5.74, 6) is -0.174. The standard InChI is InChI=1S/C21H19NO3S/c1-22(2)26(24,25)19-13-10-18(11-14-19)21(23)15-12-17-8-5-7-16-6-3-4-9-20(16)17/h3-15H,1-2H3. The van der Waals surface area contributed by atoms with E-state index in [0.29, 0.717) is 5.56 Å². The van der Waals surface area contributed by atoms with Crippen LogP contribution in [0.25, 0.3) is 16.8 Å². The Morgan fingerprint density at radius 3 is 2.23 bits per heavy atom. The molecule has 0 aliphatic carbocycles. The molecule has 0 saturated heterocycles. The van der Waals surface area contributed by atoms with Gasteiger partial charge in [0.05, 0.1) is 4.90 Å². The first-order chi connectivity index (χ1) is 12.4. The smallest absolute Gasteiger partial charge is 0.242 e. The third-order valence-electron chi connectivity index (χ3n) is 4.16. The summed E-state index contributed by atoms with van der Waals surface area (Å²) < 4.78 is 25.3. The zero-order valence-corrected chi connectivity index (χ0v) is 15.4. The number of fused-ring (bicyclic) bond motifs is 1. The van der Waals surface area contributed by atoms with Crippen molar-refractivity contribution in [2.75, 3.05) is 14.1 Å². The second-order valence-corrected chi connectivity index (χ2v) is 8.23. The first-order valence-electron chi connectivity index (χ1n) is 8.12. The van der Waals surface area contributed by atoms with Crippen molar-refractivity contribution in [3.63, 3.8) is 0 Å². The van der Waals surface area contributed by atoms with Gasteiger partial charge in [0.1, 0.15) is 0 Å². The zero-order chi connectivity index (χ0) is 18.7. The molecule has 3 aromatic rings. The lowest BCUT2D eigenvalue weighted by Crippen LogP contribution is -2.22. The number of carbonyl (C=O) groups excluding carboxylic acids is 1. The van der Waals surface area contributed by atoms with E-state index in [9.17, 15) is 13.2 Å². The highest BCUT2D eigenvalue weighted by Gasteiger charge is 2.17. The maximum absolute atomic E-state index is 12.4. The minimum absolute atomic E-state index is 0.164. The third-order valence-corrected chi connectivity index (χ3v) is 5.98. The highest BCUT2D eigenvalue weighted by molar-refractivity contribution is 7.89. The quantitative estimate of drug-likeness (QED) is 0.507. The van der Waals surface area contributed by atoms with Crippen LogP contribution in [0.1, 0.15) is 15.9 Å². The van der Waals surface area contributed by atoms with Crippen molar-refractivity contribution in [2.24, 2.45) is 0 Å². The van der Waals surface area contributed by atoms with Gasteiger partial charge in [-0.05, 0) is 46.7 Å². The molecule has 0 unspecified atom stereocenters. The minimum Gasteiger partial charge on any atom is -0.289 e. The number of rotatable bonds is 5. The van der Waals surface area contributed by atoms with Crippen LogP contribution in [0, 0.1) is 0 Å². The molecule has 0 N–H and O–H groups in total. The van der Waals surface area contributed by atoms with Crippen molar-refractivity contribution in [1.29, 1.82) is 0 Å². The molecular formula is C21H19NO3S. The Bertz CT molecular complexity index is 1080. The number of carbonyl (C=O) groups is 1. The largest absolute Gasteiger partial charge is 0.289 e. The van der Waals surface area contributed by atoms with E-state index in [2.05, 4.69) is 0 Å². The van der Waals surface area contributed by atoms with Crippen LogP contribution in [0.2, 0.25) is 0 Å². The van der Waals surface area contributed by atoms with E-state index in [1.54, 1.807) is 6.08 Å². The summed E-state index contributed by atoms with van der Waals surface area (Å²) in [6.07, 6.45) is 3.30. The monoisotopic (exact) mass is 365 g/mol. The van der Waals surface area contributed by atoms with Crippen molar-refractivity contribution in [1.82, 2.24) is 4.31 Å². The summed E-state index contributed by atoms with van der Waals surface area (Å²) in [6.45, 7) is 0. The van der Waals surface area contributed by atoms with Crippen LogP contribution in [-0.2, 0) is 10.0 Å². The zero-order valence-electron chi connectivity index (χ0n) is 14.6. The van der Waals surface area contributed by atoms with Crippen molar-refractivity contribution >= 4 is 32.7 Å². The maximum atomic E-state index is 12.4. The lowest BCUT2D eigenvalue weighted by Gasteiger charge is -2.11. The number of hydrogen-bond acceptors (Lipinski definition) is 3. The van der Waals surface area contributed by atoms with Gasteiger partial charge in [-0.2, -0.15) is 0 Å². The fourth-order valence-electron chi connectivity index (χ4n) is 2.66. The van der Waals surface area contributed by atoms with E-state index in [4.69, 9.17) is 0 Å². The first kappa shape index (κ1) is 18.0. The van der Waals surface area contributed by atoms with E-state index < -0.39 is 10.0 Å². The third kappa shape index (κ3) is 3.59. The summed E-state index contributed by atoms with van der Waals surface area (Å²) >= 11 is 0. The normalized spacial score (nSPS) is 12.1. The van der Waals surface area contributed by atoms with Gasteiger partial charge in [0.25, 0.3) is 0 Å². The van der Waals surface area contributed by atoms with E-state index in [-0.39, 0.29) is 10.7 Å². The Balaban J connectivity index is 1.85. The molecule has 0 radical (unpaired) electrons.